The van der Waals surface area contributed by atoms with Gasteiger partial charge in [0.25, 0.3) is 0 Å². The van der Waals surface area contributed by atoms with Gasteiger partial charge < -0.3 is 15.2 Å². The molecule has 5 N–H and O–H groups in total. The Balaban J connectivity index is 1.98. The molecule has 0 bridgehead atoms. The Labute approximate surface area is 169 Å². The SMILES string of the molecule is CCOc1ncc(F)cc1S(O)(O)Nc1cnc2c(c1)C(C=CN)=N[C@@H](C)CO2. The second-order valence-corrected chi connectivity index (χ2v) is 7.89. The van der Waals surface area contributed by atoms with Gasteiger partial charge in [0.15, 0.2) is 0 Å². The zero-order chi connectivity index (χ0) is 21.0. The minimum absolute atomic E-state index is 0.0745. The zero-order valence-corrected chi connectivity index (χ0v) is 16.7. The summed E-state index contributed by atoms with van der Waals surface area (Å²) < 4.78 is 48.5. The highest BCUT2D eigenvalue weighted by Gasteiger charge is 2.25. The number of allylic oxidation sites excluding steroid dienone is 1. The molecule has 3 rings (SSSR count). The lowest BCUT2D eigenvalue weighted by molar-refractivity contribution is 0.289. The summed E-state index contributed by atoms with van der Waals surface area (Å²) in [4.78, 5) is 12.3. The lowest BCUT2D eigenvalue weighted by Gasteiger charge is -2.34. The second kappa shape index (κ2) is 8.64. The van der Waals surface area contributed by atoms with Crippen LogP contribution in [-0.4, -0.2) is 44.0 Å². The molecule has 2 aromatic rings. The summed E-state index contributed by atoms with van der Waals surface area (Å²) in [6, 6.07) is 2.45. The lowest BCUT2D eigenvalue weighted by atomic mass is 10.1. The van der Waals surface area contributed by atoms with Gasteiger partial charge in [-0.1, -0.05) is 10.8 Å². The molecule has 0 spiro atoms. The van der Waals surface area contributed by atoms with Crippen molar-refractivity contribution >= 4 is 22.2 Å². The van der Waals surface area contributed by atoms with Gasteiger partial charge in [-0.3, -0.25) is 18.8 Å². The van der Waals surface area contributed by atoms with Crippen molar-refractivity contribution in [3.8, 4) is 11.8 Å². The van der Waals surface area contributed by atoms with Gasteiger partial charge in [0.1, 0.15) is 17.3 Å². The smallest absolute Gasteiger partial charge is 0.239 e. The number of aromatic nitrogens is 2. The highest BCUT2D eigenvalue weighted by atomic mass is 32.3. The number of halogens is 1. The van der Waals surface area contributed by atoms with Gasteiger partial charge >= 0.3 is 0 Å². The molecule has 3 heterocycles. The average molecular weight is 423 g/mol. The summed E-state index contributed by atoms with van der Waals surface area (Å²) in [7, 11) is -3.71. The van der Waals surface area contributed by atoms with E-state index in [-0.39, 0.29) is 29.1 Å². The van der Waals surface area contributed by atoms with Crippen LogP contribution < -0.4 is 19.9 Å². The summed E-state index contributed by atoms with van der Waals surface area (Å²) in [6.45, 7) is 4.16. The third kappa shape index (κ3) is 4.75. The number of hydrogen-bond acceptors (Lipinski definition) is 9. The number of nitrogens with two attached hydrogens (primary N) is 1. The largest absolute Gasteiger partial charge is 0.477 e. The summed E-state index contributed by atoms with van der Waals surface area (Å²) in [5.74, 6) is -0.458. The maximum atomic E-state index is 13.7. The van der Waals surface area contributed by atoms with Crippen molar-refractivity contribution in [3.05, 3.63) is 48.2 Å². The van der Waals surface area contributed by atoms with E-state index in [2.05, 4.69) is 19.7 Å². The third-order valence-corrected chi connectivity index (χ3v) is 5.26. The zero-order valence-electron chi connectivity index (χ0n) is 15.9. The Kier molecular flexibility index (Phi) is 6.20. The number of hydrogen-bond donors (Lipinski definition) is 4. The molecule has 0 saturated carbocycles. The van der Waals surface area contributed by atoms with Crippen molar-refractivity contribution in [3.63, 3.8) is 0 Å². The van der Waals surface area contributed by atoms with Crippen LogP contribution >= 0.6 is 10.8 Å². The fourth-order valence-corrected chi connectivity index (χ4v) is 3.83. The van der Waals surface area contributed by atoms with E-state index in [9.17, 15) is 13.5 Å². The quantitative estimate of drug-likeness (QED) is 0.556. The number of fused-ring (bicyclic) bond motifs is 1. The summed E-state index contributed by atoms with van der Waals surface area (Å²) in [5, 5.41) is 0. The number of ether oxygens (including phenoxy) is 2. The molecule has 1 aliphatic rings. The van der Waals surface area contributed by atoms with Gasteiger partial charge in [-0.25, -0.2) is 14.4 Å². The Morgan fingerprint density at radius 2 is 2.17 bits per heavy atom. The number of anilines is 1. The van der Waals surface area contributed by atoms with E-state index in [1.54, 1.807) is 19.1 Å². The molecule has 11 heteroatoms. The van der Waals surface area contributed by atoms with Crippen molar-refractivity contribution < 1.29 is 23.0 Å². The van der Waals surface area contributed by atoms with Crippen LogP contribution in [0.2, 0.25) is 0 Å². The van der Waals surface area contributed by atoms with E-state index in [1.165, 1.54) is 12.4 Å². The number of nitrogens with one attached hydrogen (secondary N) is 1. The van der Waals surface area contributed by atoms with Crippen molar-refractivity contribution in [1.29, 1.82) is 0 Å². The maximum absolute atomic E-state index is 13.7. The highest BCUT2D eigenvalue weighted by molar-refractivity contribution is 8.25. The molecule has 1 atom stereocenters. The van der Waals surface area contributed by atoms with Crippen LogP contribution in [0.25, 0.3) is 0 Å². The normalized spacial score (nSPS) is 17.1. The van der Waals surface area contributed by atoms with Gasteiger partial charge in [-0.05, 0) is 32.2 Å². The molecule has 9 nitrogen and oxygen atoms in total. The van der Waals surface area contributed by atoms with E-state index in [0.29, 0.717) is 23.8 Å². The topological polar surface area (TPSA) is 135 Å². The fourth-order valence-electron chi connectivity index (χ4n) is 2.65. The molecule has 156 valence electrons. The third-order valence-electron chi connectivity index (χ3n) is 3.83. The molecule has 2 aromatic heterocycles. The molecule has 0 amide bonds. The van der Waals surface area contributed by atoms with Crippen LogP contribution in [0.15, 0.2) is 46.7 Å². The van der Waals surface area contributed by atoms with Crippen molar-refractivity contribution in [2.45, 2.75) is 24.8 Å². The minimum Gasteiger partial charge on any atom is -0.477 e. The number of aliphatic imine (C=N–C) groups is 1. The van der Waals surface area contributed by atoms with Crippen LogP contribution in [0.5, 0.6) is 11.8 Å². The number of rotatable bonds is 6. The Morgan fingerprint density at radius 3 is 2.90 bits per heavy atom. The summed E-state index contributed by atoms with van der Waals surface area (Å²) in [6.07, 6.45) is 5.27. The van der Waals surface area contributed by atoms with E-state index < -0.39 is 16.6 Å². The first-order chi connectivity index (χ1) is 13.8. The Bertz CT molecular complexity index is 954. The summed E-state index contributed by atoms with van der Waals surface area (Å²) >= 11 is 0. The monoisotopic (exact) mass is 423 g/mol. The van der Waals surface area contributed by atoms with Crippen LogP contribution in [0.4, 0.5) is 10.1 Å². The standard InChI is InChI=1S/C18H22FN5O4S/c1-3-27-18-16(6-12(19)8-21-18)29(25,26)24-13-7-14-15(4-5-20)23-11(2)10-28-17(14)22-9-13/h4-9,11,24-26H,3,10,20H2,1-2H3/t11-/m0/s1. The molecule has 0 aromatic carbocycles. The van der Waals surface area contributed by atoms with Gasteiger partial charge in [0, 0.05) is 6.07 Å². The van der Waals surface area contributed by atoms with Gasteiger partial charge in [-0.2, -0.15) is 0 Å². The second-order valence-electron chi connectivity index (χ2n) is 6.15. The molecule has 0 radical (unpaired) electrons. The number of pyridine rings is 2. The first-order valence-electron chi connectivity index (χ1n) is 8.77. The van der Waals surface area contributed by atoms with E-state index in [0.717, 1.165) is 12.3 Å². The lowest BCUT2D eigenvalue weighted by Crippen LogP contribution is -2.13. The molecule has 0 fully saturated rings. The van der Waals surface area contributed by atoms with E-state index in [4.69, 9.17) is 15.2 Å². The molecule has 0 aliphatic carbocycles. The average Bonchev–Trinajstić information content (AvgIpc) is 2.82. The molecule has 29 heavy (non-hydrogen) atoms. The predicted molar refractivity (Wildman–Crippen MR) is 109 cm³/mol. The molecular weight excluding hydrogens is 401 g/mol. The predicted octanol–water partition coefficient (Wildman–Crippen LogP) is 3.19. The fraction of sp³-hybridized carbons (Fsp3) is 0.278. The first kappa shape index (κ1) is 20.8. The number of nitrogens with zero attached hydrogens (tertiary/aromatic N) is 3. The Morgan fingerprint density at radius 1 is 1.38 bits per heavy atom. The molecule has 0 unspecified atom stereocenters. The molecular formula is C18H22FN5O4S. The molecule has 0 saturated heterocycles. The summed E-state index contributed by atoms with van der Waals surface area (Å²) in [5.41, 5.74) is 6.84. The van der Waals surface area contributed by atoms with Crippen molar-refractivity contribution in [2.75, 3.05) is 17.9 Å². The van der Waals surface area contributed by atoms with Gasteiger partial charge in [0.05, 0.1) is 42.0 Å². The minimum atomic E-state index is -3.71. The van der Waals surface area contributed by atoms with Gasteiger partial charge in [-0.15, -0.1) is 0 Å². The van der Waals surface area contributed by atoms with E-state index in [1.807, 2.05) is 6.92 Å². The van der Waals surface area contributed by atoms with Crippen LogP contribution in [-0.2, 0) is 0 Å². The van der Waals surface area contributed by atoms with Crippen molar-refractivity contribution in [1.82, 2.24) is 9.97 Å². The highest BCUT2D eigenvalue weighted by Crippen LogP contribution is 2.51. The molecule has 1 aliphatic heterocycles. The maximum Gasteiger partial charge on any atom is 0.239 e. The van der Waals surface area contributed by atoms with Crippen molar-refractivity contribution in [2.24, 2.45) is 10.7 Å². The van der Waals surface area contributed by atoms with Crippen LogP contribution in [0, 0.1) is 5.82 Å². The van der Waals surface area contributed by atoms with Gasteiger partial charge in [0.2, 0.25) is 11.8 Å². The Hall–Kier alpha value is -2.89. The van der Waals surface area contributed by atoms with Crippen LogP contribution in [0.3, 0.4) is 0 Å². The van der Waals surface area contributed by atoms with Crippen LogP contribution in [0.1, 0.15) is 19.4 Å². The van der Waals surface area contributed by atoms with E-state index >= 15 is 0 Å². The first-order valence-corrected chi connectivity index (χ1v) is 10.3.